The average Bonchev–Trinajstić information content (AvgIpc) is 4.03. The van der Waals surface area contributed by atoms with Crippen molar-refractivity contribution in [3.05, 3.63) is 84.3 Å². The number of aryl methyl sites for hydroxylation is 2. The number of ether oxygens (including phenoxy) is 1. The number of nitrogens with zero attached hydrogens (tertiary/aromatic N) is 10. The standard InChI is InChI=1S/C40H40F3N11O2/c1-23-47-33-15-25(42)13-29-32-5-2-6-36(49-32)48-26-16-35(40(55)50(10-4-12-52(23)37(29)33)9-3-11-51-20-28-17-27(51)21-56-28)53(19-26)38-30-18-46-54(39(30)45-22-44-38)34-8-7-24(41)14-31(34)43/h2,5-8,13-15,18,22,26-28,35H,3-4,9-12,16-17,19-21H2,1H3,(H,48,49)/t26-,27?,28?,35-/m0/s1. The Morgan fingerprint density at radius 1 is 0.964 bits per heavy atom. The van der Waals surface area contributed by atoms with E-state index in [1.165, 1.54) is 35.3 Å². The van der Waals surface area contributed by atoms with Crippen LogP contribution in [-0.4, -0.2) is 114 Å². The average molecular weight is 764 g/mol. The summed E-state index contributed by atoms with van der Waals surface area (Å²) in [5, 5.41) is 8.54. The SMILES string of the molecule is Cc1nc2cc(F)cc3c2n1CCCN(CCCN1CC2CC1CO2)C(=O)[C@@H]1C[C@@H](CN1c1ncnc2c1cnn2-c1ccc(F)cc1F)Nc1cccc-3n1. The van der Waals surface area contributed by atoms with Crippen molar-refractivity contribution in [3.8, 4) is 16.9 Å². The first kappa shape index (κ1) is 34.8. The van der Waals surface area contributed by atoms with E-state index in [0.717, 1.165) is 49.9 Å². The molecule has 8 heterocycles. The van der Waals surface area contributed by atoms with Crippen molar-refractivity contribution in [1.29, 1.82) is 0 Å². The summed E-state index contributed by atoms with van der Waals surface area (Å²) in [5.74, 6) is -0.0484. The topological polar surface area (TPSA) is 122 Å². The lowest BCUT2D eigenvalue weighted by Gasteiger charge is -2.32. The van der Waals surface area contributed by atoms with Crippen LogP contribution in [0.1, 0.15) is 31.5 Å². The lowest BCUT2D eigenvalue weighted by atomic mass is 10.1. The number of hydrogen-bond acceptors (Lipinski definition) is 10. The molecule has 0 spiro atoms. The number of aromatic nitrogens is 7. The third-order valence-electron chi connectivity index (χ3n) is 11.7. The van der Waals surface area contributed by atoms with Gasteiger partial charge in [0, 0.05) is 69.0 Å². The number of morpholine rings is 1. The molecule has 4 aromatic heterocycles. The van der Waals surface area contributed by atoms with Crippen LogP contribution >= 0.6 is 0 Å². The van der Waals surface area contributed by atoms with E-state index in [2.05, 4.69) is 29.9 Å². The number of imidazole rings is 1. The first-order chi connectivity index (χ1) is 27.3. The number of pyridine rings is 1. The second-order valence-electron chi connectivity index (χ2n) is 15.2. The summed E-state index contributed by atoms with van der Waals surface area (Å²) in [5.41, 5.74) is 3.01. The molecule has 2 unspecified atom stereocenters. The highest BCUT2D eigenvalue weighted by Crippen LogP contribution is 2.35. The van der Waals surface area contributed by atoms with Crippen LogP contribution in [0.25, 0.3) is 39.0 Å². The van der Waals surface area contributed by atoms with Gasteiger partial charge in [-0.2, -0.15) is 5.10 Å². The summed E-state index contributed by atoms with van der Waals surface area (Å²) in [4.78, 5) is 40.3. The third kappa shape index (κ3) is 6.11. The number of amides is 1. The van der Waals surface area contributed by atoms with Crippen molar-refractivity contribution in [2.24, 2.45) is 0 Å². The fourth-order valence-electron chi connectivity index (χ4n) is 9.17. The normalized spacial score (nSPS) is 22.6. The largest absolute Gasteiger partial charge is 0.375 e. The summed E-state index contributed by atoms with van der Waals surface area (Å²) in [6.45, 7) is 6.51. The van der Waals surface area contributed by atoms with E-state index in [9.17, 15) is 8.78 Å². The molecule has 10 rings (SSSR count). The van der Waals surface area contributed by atoms with Gasteiger partial charge in [0.2, 0.25) is 5.91 Å². The van der Waals surface area contributed by atoms with Crippen LogP contribution in [-0.2, 0) is 16.1 Å². The van der Waals surface area contributed by atoms with Crippen LogP contribution < -0.4 is 10.2 Å². The van der Waals surface area contributed by atoms with E-state index in [1.807, 2.05) is 34.9 Å². The Labute approximate surface area is 320 Å². The van der Waals surface area contributed by atoms with Crippen LogP contribution in [0.5, 0.6) is 0 Å². The predicted octanol–water partition coefficient (Wildman–Crippen LogP) is 5.11. The van der Waals surface area contributed by atoms with Gasteiger partial charge >= 0.3 is 0 Å². The maximum absolute atomic E-state index is 15.1. The molecule has 1 N–H and O–H groups in total. The Hall–Kier alpha value is -5.61. The summed E-state index contributed by atoms with van der Waals surface area (Å²) >= 11 is 0. The maximum atomic E-state index is 15.1. The van der Waals surface area contributed by atoms with Crippen molar-refractivity contribution >= 4 is 39.6 Å². The number of rotatable bonds is 6. The van der Waals surface area contributed by atoms with Gasteiger partial charge in [0.15, 0.2) is 11.5 Å². The molecule has 3 saturated heterocycles. The Bertz CT molecular complexity index is 2490. The van der Waals surface area contributed by atoms with Crippen LogP contribution in [0.3, 0.4) is 0 Å². The second kappa shape index (κ2) is 13.8. The number of benzene rings is 2. The number of fused-ring (bicyclic) bond motifs is 8. The Balaban J connectivity index is 1.03. The van der Waals surface area contributed by atoms with E-state index in [-0.39, 0.29) is 23.5 Å². The van der Waals surface area contributed by atoms with Crippen LogP contribution in [0.2, 0.25) is 0 Å². The number of carbonyl (C=O) groups excluding carboxylic acids is 1. The van der Waals surface area contributed by atoms with E-state index in [0.29, 0.717) is 90.6 Å². The minimum atomic E-state index is -0.779. The van der Waals surface area contributed by atoms with Crippen LogP contribution in [0, 0.1) is 24.4 Å². The number of hydrogen-bond donors (Lipinski definition) is 1. The van der Waals surface area contributed by atoms with Gasteiger partial charge in [0.05, 0.1) is 41.0 Å². The summed E-state index contributed by atoms with van der Waals surface area (Å²) in [7, 11) is 0. The summed E-state index contributed by atoms with van der Waals surface area (Å²) in [6.07, 6.45) is 6.21. The molecule has 0 aliphatic carbocycles. The molecule has 56 heavy (non-hydrogen) atoms. The van der Waals surface area contributed by atoms with Gasteiger partial charge in [-0.05, 0) is 62.9 Å². The highest BCUT2D eigenvalue weighted by molar-refractivity contribution is 5.94. The van der Waals surface area contributed by atoms with Gasteiger partial charge in [0.25, 0.3) is 0 Å². The van der Waals surface area contributed by atoms with Crippen LogP contribution in [0.4, 0.5) is 24.8 Å². The molecule has 6 bridgehead atoms. The maximum Gasteiger partial charge on any atom is 0.245 e. The van der Waals surface area contributed by atoms with Gasteiger partial charge in [-0.1, -0.05) is 6.07 Å². The lowest BCUT2D eigenvalue weighted by Crippen LogP contribution is -2.47. The Morgan fingerprint density at radius 3 is 2.71 bits per heavy atom. The molecule has 0 saturated carbocycles. The molecule has 4 aliphatic rings. The van der Waals surface area contributed by atoms with E-state index in [1.54, 1.807) is 6.20 Å². The fourth-order valence-corrected chi connectivity index (χ4v) is 9.17. The molecule has 288 valence electrons. The lowest BCUT2D eigenvalue weighted by molar-refractivity contribution is -0.132. The van der Waals surface area contributed by atoms with E-state index >= 15 is 9.18 Å². The number of carbonyl (C=O) groups is 1. The first-order valence-electron chi connectivity index (χ1n) is 19.2. The van der Waals surface area contributed by atoms with Crippen molar-refractivity contribution < 1.29 is 22.7 Å². The highest BCUT2D eigenvalue weighted by atomic mass is 19.1. The van der Waals surface area contributed by atoms with Gasteiger partial charge in [-0.15, -0.1) is 0 Å². The van der Waals surface area contributed by atoms with Gasteiger partial charge in [0.1, 0.15) is 47.2 Å². The third-order valence-corrected chi connectivity index (χ3v) is 11.7. The fraction of sp³-hybridized carbons (Fsp3) is 0.400. The zero-order chi connectivity index (χ0) is 38.1. The summed E-state index contributed by atoms with van der Waals surface area (Å²) < 4.78 is 53.1. The quantitative estimate of drug-likeness (QED) is 0.245. The number of anilines is 2. The molecule has 1 amide bonds. The number of halogens is 3. The summed E-state index contributed by atoms with van der Waals surface area (Å²) in [6, 6.07) is 11.5. The zero-order valence-electron chi connectivity index (χ0n) is 30.8. The molecule has 4 aliphatic heterocycles. The number of nitrogens with one attached hydrogen (secondary N) is 1. The molecule has 13 nitrogen and oxygen atoms in total. The van der Waals surface area contributed by atoms with Crippen molar-refractivity contribution in [2.75, 3.05) is 49.5 Å². The second-order valence-corrected chi connectivity index (χ2v) is 15.2. The van der Waals surface area contributed by atoms with Crippen molar-refractivity contribution in [2.45, 2.75) is 63.4 Å². The first-order valence-corrected chi connectivity index (χ1v) is 19.2. The van der Waals surface area contributed by atoms with Gasteiger partial charge in [-0.25, -0.2) is 37.8 Å². The van der Waals surface area contributed by atoms with Crippen molar-refractivity contribution in [1.82, 2.24) is 44.1 Å². The molecule has 6 aromatic rings. The van der Waals surface area contributed by atoms with Crippen molar-refractivity contribution in [3.63, 3.8) is 0 Å². The predicted molar refractivity (Wildman–Crippen MR) is 203 cm³/mol. The van der Waals surface area contributed by atoms with Gasteiger partial charge < -0.3 is 24.4 Å². The number of likely N-dealkylation sites (tertiary alicyclic amines) is 1. The van der Waals surface area contributed by atoms with E-state index in [4.69, 9.17) is 14.7 Å². The Morgan fingerprint density at radius 2 is 1.88 bits per heavy atom. The van der Waals surface area contributed by atoms with E-state index < -0.39 is 17.7 Å². The molecule has 3 fully saturated rings. The molecular formula is C40H40F3N11O2. The molecule has 16 heteroatoms. The molecule has 2 aromatic carbocycles. The highest BCUT2D eigenvalue weighted by Gasteiger charge is 2.42. The minimum Gasteiger partial charge on any atom is -0.375 e. The zero-order valence-corrected chi connectivity index (χ0v) is 30.8. The molecule has 4 atom stereocenters. The molecular weight excluding hydrogens is 724 g/mol. The smallest absolute Gasteiger partial charge is 0.245 e. The monoisotopic (exact) mass is 763 g/mol. The Kier molecular flexibility index (Phi) is 8.62. The molecule has 0 radical (unpaired) electrons. The van der Waals surface area contributed by atoms with Gasteiger partial charge in [-0.3, -0.25) is 9.69 Å². The minimum absolute atomic E-state index is 0.0177. The van der Waals surface area contributed by atoms with Crippen LogP contribution in [0.15, 0.2) is 61.1 Å².